The third-order valence-corrected chi connectivity index (χ3v) is 5.80. The fraction of sp³-hybridized carbons (Fsp3) is 0.250. The molecule has 0 unspecified atom stereocenters. The van der Waals surface area contributed by atoms with E-state index in [0.717, 1.165) is 45.5 Å². The summed E-state index contributed by atoms with van der Waals surface area (Å²) in [5, 5.41) is 0. The molecule has 31 heavy (non-hydrogen) atoms. The molecule has 0 saturated heterocycles. The topological polar surface area (TPSA) is 67.7 Å². The van der Waals surface area contributed by atoms with Crippen molar-refractivity contribution < 1.29 is 13.9 Å². The summed E-state index contributed by atoms with van der Waals surface area (Å²) in [5.41, 5.74) is 7.07. The number of ether oxygens (including phenoxy) is 1. The molecule has 0 saturated carbocycles. The Kier molecular flexibility index (Phi) is 4.94. The van der Waals surface area contributed by atoms with Crippen molar-refractivity contribution in [3.63, 3.8) is 0 Å². The molecule has 6 nitrogen and oxygen atoms in total. The van der Waals surface area contributed by atoms with Gasteiger partial charge in [0.15, 0.2) is 0 Å². The lowest BCUT2D eigenvalue weighted by molar-refractivity contribution is -0.130. The minimum atomic E-state index is -0.271. The molecule has 0 fully saturated rings. The summed E-state index contributed by atoms with van der Waals surface area (Å²) in [6.07, 6.45) is 4.57. The molecule has 2 aliphatic rings. The number of methoxy groups -OCH3 is 1. The van der Waals surface area contributed by atoms with Gasteiger partial charge in [0, 0.05) is 36.6 Å². The summed E-state index contributed by atoms with van der Waals surface area (Å²) in [6, 6.07) is 10.9. The van der Waals surface area contributed by atoms with Gasteiger partial charge in [-0.3, -0.25) is 9.79 Å². The second-order valence-corrected chi connectivity index (χ2v) is 7.77. The molecule has 3 aromatic rings. The second-order valence-electron chi connectivity index (χ2n) is 7.77. The van der Waals surface area contributed by atoms with Gasteiger partial charge < -0.3 is 9.64 Å². The van der Waals surface area contributed by atoms with E-state index in [0.29, 0.717) is 32.1 Å². The van der Waals surface area contributed by atoms with Gasteiger partial charge >= 0.3 is 6.01 Å². The van der Waals surface area contributed by atoms with Crippen LogP contribution in [0.1, 0.15) is 33.4 Å². The number of carbonyl (C=O) groups is 1. The Morgan fingerprint density at radius 3 is 2.58 bits per heavy atom. The van der Waals surface area contributed by atoms with Crippen LogP contribution >= 0.6 is 0 Å². The van der Waals surface area contributed by atoms with E-state index in [-0.39, 0.29) is 11.7 Å². The predicted octanol–water partition coefficient (Wildman–Crippen LogP) is 3.10. The first-order chi connectivity index (χ1) is 15.1. The number of aromatic nitrogens is 2. The lowest BCUT2D eigenvalue weighted by Gasteiger charge is -2.20. The Labute approximate surface area is 179 Å². The zero-order chi connectivity index (χ0) is 21.4. The number of amides is 1. The van der Waals surface area contributed by atoms with Gasteiger partial charge in [-0.25, -0.2) is 14.4 Å². The van der Waals surface area contributed by atoms with E-state index < -0.39 is 0 Å². The molecule has 1 aromatic heterocycles. The predicted molar refractivity (Wildman–Crippen MR) is 114 cm³/mol. The Morgan fingerprint density at radius 1 is 1.06 bits per heavy atom. The highest BCUT2D eigenvalue weighted by Crippen LogP contribution is 2.29. The van der Waals surface area contributed by atoms with Crippen LogP contribution in [0.3, 0.4) is 0 Å². The van der Waals surface area contributed by atoms with Gasteiger partial charge in [0.25, 0.3) is 0 Å². The maximum Gasteiger partial charge on any atom is 0.316 e. The van der Waals surface area contributed by atoms with Crippen LogP contribution in [-0.4, -0.2) is 40.1 Å². The van der Waals surface area contributed by atoms with Crippen molar-refractivity contribution in [3.8, 4) is 6.01 Å². The third-order valence-electron chi connectivity index (χ3n) is 5.80. The zero-order valence-corrected chi connectivity index (χ0v) is 17.1. The number of nitrogens with zero attached hydrogens (tertiary/aromatic N) is 4. The first kappa shape index (κ1) is 19.4. The quantitative estimate of drug-likeness (QED) is 0.656. The highest BCUT2D eigenvalue weighted by molar-refractivity contribution is 6.15. The first-order valence-electron chi connectivity index (χ1n) is 10.2. The van der Waals surface area contributed by atoms with Crippen molar-refractivity contribution in [2.45, 2.75) is 25.9 Å². The van der Waals surface area contributed by atoms with Gasteiger partial charge in [-0.2, -0.15) is 0 Å². The molecular formula is C24H21FN4O2. The molecule has 2 aliphatic heterocycles. The molecule has 0 aliphatic carbocycles. The number of fused-ring (bicyclic) bond motifs is 2. The van der Waals surface area contributed by atoms with Crippen LogP contribution in [0.4, 0.5) is 4.39 Å². The maximum atomic E-state index is 13.2. The van der Waals surface area contributed by atoms with Crippen molar-refractivity contribution in [1.29, 1.82) is 0 Å². The molecule has 0 atom stereocenters. The monoisotopic (exact) mass is 416 g/mol. The van der Waals surface area contributed by atoms with Crippen LogP contribution in [0.5, 0.6) is 6.01 Å². The normalized spacial score (nSPS) is 15.2. The number of halogens is 1. The molecule has 0 radical (unpaired) electrons. The molecule has 7 heteroatoms. The number of aliphatic imine (C=N–C) groups is 1. The van der Waals surface area contributed by atoms with Crippen LogP contribution < -0.4 is 4.74 Å². The molecule has 156 valence electrons. The highest BCUT2D eigenvalue weighted by atomic mass is 19.1. The lowest BCUT2D eigenvalue weighted by Crippen LogP contribution is -2.31. The summed E-state index contributed by atoms with van der Waals surface area (Å²) in [7, 11) is 1.54. The van der Waals surface area contributed by atoms with Crippen LogP contribution in [0.15, 0.2) is 53.8 Å². The van der Waals surface area contributed by atoms with Gasteiger partial charge in [-0.15, -0.1) is 0 Å². The Morgan fingerprint density at radius 2 is 1.84 bits per heavy atom. The molecule has 3 heterocycles. The maximum absolute atomic E-state index is 13.2. The van der Waals surface area contributed by atoms with Gasteiger partial charge in [0.2, 0.25) is 5.91 Å². The fourth-order valence-electron chi connectivity index (χ4n) is 4.16. The molecular weight excluding hydrogens is 395 g/mol. The molecule has 5 rings (SSSR count). The van der Waals surface area contributed by atoms with Crippen molar-refractivity contribution >= 4 is 11.6 Å². The molecule has 0 spiro atoms. The SMILES string of the molecule is COc1ncc(C2=NCc3cc4c(cc32)CCN(Cc2ccc(F)cc2)C(=O)C4)cn1. The van der Waals surface area contributed by atoms with E-state index in [2.05, 4.69) is 22.1 Å². The average Bonchev–Trinajstić information content (AvgIpc) is 3.13. The minimum Gasteiger partial charge on any atom is -0.467 e. The van der Waals surface area contributed by atoms with Gasteiger partial charge in [-0.05, 0) is 46.9 Å². The van der Waals surface area contributed by atoms with E-state index in [1.807, 2.05) is 4.90 Å². The smallest absolute Gasteiger partial charge is 0.316 e. The van der Waals surface area contributed by atoms with E-state index in [4.69, 9.17) is 9.73 Å². The number of hydrogen-bond acceptors (Lipinski definition) is 5. The van der Waals surface area contributed by atoms with Crippen LogP contribution in [-0.2, 0) is 30.7 Å². The van der Waals surface area contributed by atoms with E-state index in [1.54, 1.807) is 24.5 Å². The highest BCUT2D eigenvalue weighted by Gasteiger charge is 2.25. The average molecular weight is 416 g/mol. The van der Waals surface area contributed by atoms with Crippen molar-refractivity contribution in [2.75, 3.05) is 13.7 Å². The summed E-state index contributed by atoms with van der Waals surface area (Å²) in [4.78, 5) is 27.8. The Balaban J connectivity index is 1.39. The number of hydrogen-bond donors (Lipinski definition) is 0. The van der Waals surface area contributed by atoms with Crippen molar-refractivity contribution in [2.24, 2.45) is 4.99 Å². The largest absolute Gasteiger partial charge is 0.467 e. The van der Waals surface area contributed by atoms with Crippen LogP contribution in [0, 0.1) is 5.82 Å². The number of rotatable bonds is 4. The third kappa shape index (κ3) is 3.79. The Bertz CT molecular complexity index is 1170. The van der Waals surface area contributed by atoms with Gasteiger partial charge in [0.1, 0.15) is 5.82 Å². The Hall–Kier alpha value is -3.61. The standard InChI is InChI=1S/C24H21FN4O2/c1-31-24-27-12-19(13-28-24)23-21-9-16-6-7-29(14-15-2-4-20(25)5-3-15)22(30)10-17(16)8-18(21)11-26-23/h2-5,8-9,12-13H,6-7,10-11,14H2,1H3. The second kappa shape index (κ2) is 7.91. The van der Waals surface area contributed by atoms with Gasteiger partial charge in [0.05, 0.1) is 25.8 Å². The molecule has 0 N–H and O–H groups in total. The van der Waals surface area contributed by atoms with Crippen LogP contribution in [0.25, 0.3) is 0 Å². The van der Waals surface area contributed by atoms with E-state index in [9.17, 15) is 9.18 Å². The van der Waals surface area contributed by atoms with Crippen molar-refractivity contribution in [3.05, 3.63) is 88.0 Å². The molecule has 0 bridgehead atoms. The summed E-state index contributed by atoms with van der Waals surface area (Å²) in [5.74, 6) is -0.182. The van der Waals surface area contributed by atoms with E-state index >= 15 is 0 Å². The first-order valence-corrected chi connectivity index (χ1v) is 10.2. The van der Waals surface area contributed by atoms with Gasteiger partial charge in [-0.1, -0.05) is 18.2 Å². The molecule has 1 amide bonds. The summed E-state index contributed by atoms with van der Waals surface area (Å²) >= 11 is 0. The summed E-state index contributed by atoms with van der Waals surface area (Å²) in [6.45, 7) is 1.69. The molecule has 2 aromatic carbocycles. The van der Waals surface area contributed by atoms with Crippen molar-refractivity contribution in [1.82, 2.24) is 14.9 Å². The summed E-state index contributed by atoms with van der Waals surface area (Å²) < 4.78 is 18.2. The zero-order valence-electron chi connectivity index (χ0n) is 17.1. The minimum absolute atomic E-state index is 0.0886. The number of carbonyl (C=O) groups excluding carboxylic acids is 1. The number of benzene rings is 2. The lowest BCUT2D eigenvalue weighted by atomic mass is 9.93. The van der Waals surface area contributed by atoms with Crippen LogP contribution in [0.2, 0.25) is 0 Å². The van der Waals surface area contributed by atoms with E-state index in [1.165, 1.54) is 19.2 Å². The fourth-order valence-corrected chi connectivity index (χ4v) is 4.16.